The molecule has 0 aliphatic heterocycles. The molecule has 16 heavy (non-hydrogen) atoms. The molecule has 86 valence electrons. The first kappa shape index (κ1) is 12.7. The number of likely N-dealkylation sites (N-methyl/N-ethyl adjacent to an activating group) is 1. The zero-order chi connectivity index (χ0) is 12.3. The molecule has 1 rings (SSSR count). The number of benzene rings is 1. The highest BCUT2D eigenvalue weighted by Crippen LogP contribution is 2.22. The fraction of sp³-hybridized carbons (Fsp3) is 0.200. The number of phenolic OH excluding ortho intramolecular Hbond substituents is 1. The second kappa shape index (κ2) is 5.14. The van der Waals surface area contributed by atoms with Crippen molar-refractivity contribution in [2.24, 2.45) is 5.73 Å². The SMILES string of the molecule is CN(CC(N)=S)C(=O)c1cc(O)ccc1Cl. The highest BCUT2D eigenvalue weighted by atomic mass is 35.5. The number of phenols is 1. The predicted molar refractivity (Wildman–Crippen MR) is 66.9 cm³/mol. The highest BCUT2D eigenvalue weighted by Gasteiger charge is 2.16. The lowest BCUT2D eigenvalue weighted by Crippen LogP contribution is -2.34. The summed E-state index contributed by atoms with van der Waals surface area (Å²) in [6, 6.07) is 4.17. The number of thiocarbonyl (C=S) groups is 1. The summed E-state index contributed by atoms with van der Waals surface area (Å²) in [7, 11) is 1.56. The summed E-state index contributed by atoms with van der Waals surface area (Å²) in [5.41, 5.74) is 5.55. The van der Waals surface area contributed by atoms with Crippen LogP contribution in [-0.4, -0.2) is 34.5 Å². The number of nitrogens with two attached hydrogens (primary N) is 1. The first-order valence-corrected chi connectivity index (χ1v) is 5.22. The van der Waals surface area contributed by atoms with Gasteiger partial charge in [-0.2, -0.15) is 0 Å². The fourth-order valence-electron chi connectivity index (χ4n) is 1.19. The van der Waals surface area contributed by atoms with Crippen LogP contribution in [0.15, 0.2) is 18.2 Å². The molecule has 0 radical (unpaired) electrons. The van der Waals surface area contributed by atoms with Gasteiger partial charge in [-0.05, 0) is 18.2 Å². The zero-order valence-corrected chi connectivity index (χ0v) is 10.2. The molecule has 6 heteroatoms. The van der Waals surface area contributed by atoms with Gasteiger partial charge in [0.25, 0.3) is 5.91 Å². The molecule has 1 aromatic carbocycles. The molecule has 3 N–H and O–H groups in total. The third-order valence-corrected chi connectivity index (χ3v) is 2.38. The largest absolute Gasteiger partial charge is 0.508 e. The summed E-state index contributed by atoms with van der Waals surface area (Å²) in [6.07, 6.45) is 0. The quantitative estimate of drug-likeness (QED) is 0.805. The standard InChI is InChI=1S/C10H11ClN2O2S/c1-13(5-9(12)16)10(15)7-4-6(14)2-3-8(7)11/h2-4,14H,5H2,1H3,(H2,12,16). The molecule has 0 unspecified atom stereocenters. The number of hydrogen-bond donors (Lipinski definition) is 2. The van der Waals surface area contributed by atoms with Crippen molar-refractivity contribution in [1.29, 1.82) is 0 Å². The van der Waals surface area contributed by atoms with Gasteiger partial charge in [-0.3, -0.25) is 4.79 Å². The van der Waals surface area contributed by atoms with Gasteiger partial charge in [-0.25, -0.2) is 0 Å². The summed E-state index contributed by atoms with van der Waals surface area (Å²) >= 11 is 10.6. The van der Waals surface area contributed by atoms with Gasteiger partial charge in [0.1, 0.15) is 5.75 Å². The molecule has 0 fully saturated rings. The Kier molecular flexibility index (Phi) is 4.09. The number of aromatic hydroxyl groups is 1. The maximum absolute atomic E-state index is 11.9. The van der Waals surface area contributed by atoms with E-state index < -0.39 is 0 Å². The van der Waals surface area contributed by atoms with E-state index in [2.05, 4.69) is 0 Å². The Balaban J connectivity index is 2.95. The number of carbonyl (C=O) groups excluding carboxylic acids is 1. The maximum Gasteiger partial charge on any atom is 0.255 e. The lowest BCUT2D eigenvalue weighted by atomic mass is 10.2. The Morgan fingerprint density at radius 2 is 2.25 bits per heavy atom. The lowest BCUT2D eigenvalue weighted by Gasteiger charge is -2.16. The lowest BCUT2D eigenvalue weighted by molar-refractivity contribution is 0.0815. The number of nitrogens with zero attached hydrogens (tertiary/aromatic N) is 1. The van der Waals surface area contributed by atoms with E-state index in [1.165, 1.54) is 23.1 Å². The van der Waals surface area contributed by atoms with Crippen molar-refractivity contribution in [3.8, 4) is 5.75 Å². The number of halogens is 1. The minimum absolute atomic E-state index is 0.0172. The van der Waals surface area contributed by atoms with Gasteiger partial charge in [-0.15, -0.1) is 0 Å². The first-order chi connectivity index (χ1) is 7.41. The van der Waals surface area contributed by atoms with E-state index in [1.807, 2.05) is 0 Å². The highest BCUT2D eigenvalue weighted by molar-refractivity contribution is 7.80. The topological polar surface area (TPSA) is 66.6 Å². The van der Waals surface area contributed by atoms with Gasteiger partial charge < -0.3 is 15.7 Å². The average Bonchev–Trinajstić information content (AvgIpc) is 2.19. The maximum atomic E-state index is 11.9. The Morgan fingerprint density at radius 3 is 2.81 bits per heavy atom. The van der Waals surface area contributed by atoms with Crippen LogP contribution in [0.5, 0.6) is 5.75 Å². The molecule has 0 heterocycles. The van der Waals surface area contributed by atoms with E-state index in [1.54, 1.807) is 7.05 Å². The van der Waals surface area contributed by atoms with Gasteiger partial charge in [0.2, 0.25) is 0 Å². The second-order valence-electron chi connectivity index (χ2n) is 3.29. The number of amides is 1. The van der Waals surface area contributed by atoms with Crippen LogP contribution in [-0.2, 0) is 0 Å². The van der Waals surface area contributed by atoms with Crippen LogP contribution in [0.4, 0.5) is 0 Å². The van der Waals surface area contributed by atoms with E-state index in [0.717, 1.165) is 0 Å². The van der Waals surface area contributed by atoms with Crippen LogP contribution in [0.1, 0.15) is 10.4 Å². The van der Waals surface area contributed by atoms with Gasteiger partial charge >= 0.3 is 0 Å². The van der Waals surface area contributed by atoms with Crippen LogP contribution in [0.25, 0.3) is 0 Å². The smallest absolute Gasteiger partial charge is 0.255 e. The van der Waals surface area contributed by atoms with Crippen LogP contribution < -0.4 is 5.73 Å². The number of hydrogen-bond acceptors (Lipinski definition) is 3. The molecule has 1 aromatic rings. The van der Waals surface area contributed by atoms with Gasteiger partial charge in [0.15, 0.2) is 0 Å². The Bertz CT molecular complexity index is 437. The van der Waals surface area contributed by atoms with E-state index >= 15 is 0 Å². The minimum Gasteiger partial charge on any atom is -0.508 e. The second-order valence-corrected chi connectivity index (χ2v) is 4.22. The van der Waals surface area contributed by atoms with Gasteiger partial charge in [0.05, 0.1) is 22.1 Å². The van der Waals surface area contributed by atoms with Crippen molar-refractivity contribution in [2.45, 2.75) is 0 Å². The number of rotatable bonds is 3. The van der Waals surface area contributed by atoms with Gasteiger partial charge in [-0.1, -0.05) is 23.8 Å². The normalized spacial score (nSPS) is 9.88. The fourth-order valence-corrected chi connectivity index (χ4v) is 1.58. The molecular weight excluding hydrogens is 248 g/mol. The molecule has 0 saturated heterocycles. The van der Waals surface area contributed by atoms with Crippen molar-refractivity contribution in [3.05, 3.63) is 28.8 Å². The Hall–Kier alpha value is -1.33. The van der Waals surface area contributed by atoms with Gasteiger partial charge in [0, 0.05) is 7.05 Å². The molecule has 1 amide bonds. The molecule has 0 aliphatic carbocycles. The van der Waals surface area contributed by atoms with Crippen LogP contribution >= 0.6 is 23.8 Å². The third kappa shape index (κ3) is 3.08. The summed E-state index contributed by atoms with van der Waals surface area (Å²) in [6.45, 7) is 0.167. The molecule has 0 saturated carbocycles. The van der Waals surface area contributed by atoms with Crippen molar-refractivity contribution < 1.29 is 9.90 Å². The van der Waals surface area contributed by atoms with Crippen molar-refractivity contribution in [2.75, 3.05) is 13.6 Å². The summed E-state index contributed by atoms with van der Waals surface area (Å²) in [5.74, 6) is -0.356. The van der Waals surface area contributed by atoms with Crippen molar-refractivity contribution in [1.82, 2.24) is 4.90 Å². The zero-order valence-electron chi connectivity index (χ0n) is 8.61. The molecule has 0 bridgehead atoms. The first-order valence-electron chi connectivity index (χ1n) is 4.44. The van der Waals surface area contributed by atoms with E-state index in [4.69, 9.17) is 29.6 Å². The molecular formula is C10H11ClN2O2S. The van der Waals surface area contributed by atoms with Crippen LogP contribution in [0.3, 0.4) is 0 Å². The van der Waals surface area contributed by atoms with Crippen LogP contribution in [0.2, 0.25) is 5.02 Å². The predicted octanol–water partition coefficient (Wildman–Crippen LogP) is 1.40. The van der Waals surface area contributed by atoms with E-state index in [-0.39, 0.29) is 33.8 Å². The average molecular weight is 259 g/mol. The molecule has 0 aliphatic rings. The monoisotopic (exact) mass is 258 g/mol. The Labute approximate surface area is 104 Å². The molecule has 0 atom stereocenters. The summed E-state index contributed by atoms with van der Waals surface area (Å²) < 4.78 is 0. The van der Waals surface area contributed by atoms with Crippen molar-refractivity contribution >= 4 is 34.7 Å². The minimum atomic E-state index is -0.339. The number of carbonyl (C=O) groups is 1. The Morgan fingerprint density at radius 1 is 1.62 bits per heavy atom. The van der Waals surface area contributed by atoms with E-state index in [9.17, 15) is 9.90 Å². The van der Waals surface area contributed by atoms with Crippen molar-refractivity contribution in [3.63, 3.8) is 0 Å². The third-order valence-electron chi connectivity index (χ3n) is 1.92. The van der Waals surface area contributed by atoms with Crippen LogP contribution in [0, 0.1) is 0 Å². The summed E-state index contributed by atoms with van der Waals surface area (Å²) in [4.78, 5) is 13.4. The molecule has 0 spiro atoms. The summed E-state index contributed by atoms with van der Waals surface area (Å²) in [5, 5.41) is 9.55. The van der Waals surface area contributed by atoms with E-state index in [0.29, 0.717) is 0 Å². The molecule has 0 aromatic heterocycles. The molecule has 4 nitrogen and oxygen atoms in total.